The predicted molar refractivity (Wildman–Crippen MR) is 68.0 cm³/mol. The fourth-order valence-corrected chi connectivity index (χ4v) is 2.54. The normalized spacial score (nSPS) is 15.3. The molecule has 90 valence electrons. The summed E-state index contributed by atoms with van der Waals surface area (Å²) >= 11 is 1.66. The van der Waals surface area contributed by atoms with E-state index >= 15 is 0 Å². The second-order valence-corrected chi connectivity index (χ2v) is 5.15. The second kappa shape index (κ2) is 4.98. The summed E-state index contributed by atoms with van der Waals surface area (Å²) in [5, 5.41) is 5.56. The molecule has 17 heavy (non-hydrogen) atoms. The molecule has 0 saturated heterocycles. The van der Waals surface area contributed by atoms with Crippen LogP contribution in [-0.2, 0) is 13.0 Å². The van der Waals surface area contributed by atoms with Crippen molar-refractivity contribution in [3.63, 3.8) is 0 Å². The average molecular weight is 248 g/mol. The Balaban J connectivity index is 1.46. The number of hydrogen-bond donors (Lipinski definition) is 1. The van der Waals surface area contributed by atoms with Gasteiger partial charge in [0.15, 0.2) is 0 Å². The summed E-state index contributed by atoms with van der Waals surface area (Å²) in [5.41, 5.74) is 4.36. The average Bonchev–Trinajstić information content (AvgIpc) is 2.89. The van der Waals surface area contributed by atoms with Crippen LogP contribution in [0.4, 0.5) is 0 Å². The van der Waals surface area contributed by atoms with Crippen LogP contribution in [0.1, 0.15) is 30.3 Å². The van der Waals surface area contributed by atoms with Gasteiger partial charge in [0.1, 0.15) is 0 Å². The Morgan fingerprint density at radius 3 is 3.18 bits per heavy atom. The Morgan fingerprint density at radius 1 is 1.47 bits per heavy atom. The number of imidazole rings is 1. The molecule has 0 unspecified atom stereocenters. The van der Waals surface area contributed by atoms with E-state index in [-0.39, 0.29) is 0 Å². The molecule has 0 atom stereocenters. The maximum Gasteiger partial charge on any atom is 0.0951 e. The van der Waals surface area contributed by atoms with Gasteiger partial charge in [-0.1, -0.05) is 0 Å². The van der Waals surface area contributed by atoms with E-state index in [4.69, 9.17) is 0 Å². The number of aromatic nitrogens is 3. The van der Waals surface area contributed by atoms with Crippen LogP contribution in [0.15, 0.2) is 23.4 Å². The Bertz CT molecular complexity index is 459. The lowest BCUT2D eigenvalue weighted by atomic mass is 10.3. The summed E-state index contributed by atoms with van der Waals surface area (Å²) in [7, 11) is 0. The first-order chi connectivity index (χ1) is 8.43. The van der Waals surface area contributed by atoms with E-state index in [0.29, 0.717) is 6.04 Å². The van der Waals surface area contributed by atoms with Gasteiger partial charge in [0.25, 0.3) is 0 Å². The Labute approximate surface area is 105 Å². The molecule has 1 saturated carbocycles. The number of nitrogens with one attached hydrogen (secondary N) is 1. The molecule has 2 heterocycles. The van der Waals surface area contributed by atoms with E-state index in [1.165, 1.54) is 24.2 Å². The Kier molecular flexibility index (Phi) is 3.20. The molecule has 0 amide bonds. The molecule has 1 fully saturated rings. The summed E-state index contributed by atoms with van der Waals surface area (Å²) in [5.74, 6) is 0. The zero-order chi connectivity index (χ0) is 11.5. The molecule has 4 nitrogen and oxygen atoms in total. The summed E-state index contributed by atoms with van der Waals surface area (Å²) < 4.78 is 2.30. The van der Waals surface area contributed by atoms with Crippen LogP contribution < -0.4 is 5.32 Å². The summed E-state index contributed by atoms with van der Waals surface area (Å²) in [6, 6.07) is 0.716. The van der Waals surface area contributed by atoms with E-state index in [1.54, 1.807) is 11.3 Å². The molecule has 0 bridgehead atoms. The number of rotatable bonds is 6. The topological polar surface area (TPSA) is 42.7 Å². The first kappa shape index (κ1) is 10.9. The van der Waals surface area contributed by atoms with Gasteiger partial charge in [-0.25, -0.2) is 9.97 Å². The molecule has 0 spiro atoms. The van der Waals surface area contributed by atoms with Crippen LogP contribution in [0.3, 0.4) is 0 Å². The number of hydrogen-bond acceptors (Lipinski definition) is 4. The van der Waals surface area contributed by atoms with Crippen molar-refractivity contribution in [1.29, 1.82) is 0 Å². The van der Waals surface area contributed by atoms with Crippen molar-refractivity contribution < 1.29 is 0 Å². The van der Waals surface area contributed by atoms with E-state index in [1.807, 2.05) is 18.0 Å². The molecule has 2 aromatic heterocycles. The van der Waals surface area contributed by atoms with Crippen molar-refractivity contribution >= 4 is 11.3 Å². The molecule has 0 radical (unpaired) electrons. The quantitative estimate of drug-likeness (QED) is 0.795. The SMILES string of the molecule is c1nc(CCNCc2cncn2C2CC2)cs1. The highest BCUT2D eigenvalue weighted by Gasteiger charge is 2.24. The second-order valence-electron chi connectivity index (χ2n) is 4.43. The lowest BCUT2D eigenvalue weighted by molar-refractivity contribution is 0.618. The van der Waals surface area contributed by atoms with Gasteiger partial charge in [-0.15, -0.1) is 11.3 Å². The van der Waals surface area contributed by atoms with Crippen molar-refractivity contribution in [2.24, 2.45) is 0 Å². The standard InChI is InChI=1S/C12H16N4S/c1-2-11(1)16-8-14-6-12(16)5-13-4-3-10-7-17-9-15-10/h6-9,11,13H,1-5H2. The van der Waals surface area contributed by atoms with Crippen LogP contribution >= 0.6 is 11.3 Å². The van der Waals surface area contributed by atoms with Gasteiger partial charge in [0.05, 0.1) is 23.2 Å². The fraction of sp³-hybridized carbons (Fsp3) is 0.500. The molecule has 1 N–H and O–H groups in total. The monoisotopic (exact) mass is 248 g/mol. The Hall–Kier alpha value is -1.20. The van der Waals surface area contributed by atoms with E-state index in [9.17, 15) is 0 Å². The van der Waals surface area contributed by atoms with Crippen molar-refractivity contribution in [2.75, 3.05) is 6.54 Å². The highest BCUT2D eigenvalue weighted by atomic mass is 32.1. The third-order valence-electron chi connectivity index (χ3n) is 3.03. The van der Waals surface area contributed by atoms with Gasteiger partial charge in [-0.05, 0) is 12.8 Å². The molecule has 1 aliphatic carbocycles. The number of thiazole rings is 1. The number of nitrogens with zero attached hydrogens (tertiary/aromatic N) is 3. The molecule has 1 aliphatic rings. The van der Waals surface area contributed by atoms with Gasteiger partial charge < -0.3 is 9.88 Å². The van der Waals surface area contributed by atoms with Gasteiger partial charge in [-0.2, -0.15) is 0 Å². The molecular formula is C12H16N4S. The third-order valence-corrected chi connectivity index (χ3v) is 3.67. The zero-order valence-electron chi connectivity index (χ0n) is 9.67. The van der Waals surface area contributed by atoms with Crippen LogP contribution in [-0.4, -0.2) is 21.1 Å². The fourth-order valence-electron chi connectivity index (χ4n) is 1.94. The molecular weight excluding hydrogens is 232 g/mol. The first-order valence-electron chi connectivity index (χ1n) is 6.02. The highest BCUT2D eigenvalue weighted by molar-refractivity contribution is 7.07. The molecule has 0 aliphatic heterocycles. The maximum absolute atomic E-state index is 4.27. The zero-order valence-corrected chi connectivity index (χ0v) is 10.5. The molecule has 2 aromatic rings. The highest BCUT2D eigenvalue weighted by Crippen LogP contribution is 2.35. The third kappa shape index (κ3) is 2.73. The minimum atomic E-state index is 0.716. The maximum atomic E-state index is 4.27. The van der Waals surface area contributed by atoms with Crippen molar-refractivity contribution in [3.05, 3.63) is 34.8 Å². The van der Waals surface area contributed by atoms with E-state index in [2.05, 4.69) is 25.2 Å². The molecule has 5 heteroatoms. The van der Waals surface area contributed by atoms with Gasteiger partial charge in [-0.3, -0.25) is 0 Å². The van der Waals surface area contributed by atoms with Gasteiger partial charge >= 0.3 is 0 Å². The molecule has 3 rings (SSSR count). The minimum absolute atomic E-state index is 0.716. The van der Waals surface area contributed by atoms with Crippen LogP contribution in [0.5, 0.6) is 0 Å². The summed E-state index contributed by atoms with van der Waals surface area (Å²) in [6.45, 7) is 1.88. The van der Waals surface area contributed by atoms with Gasteiger partial charge in [0.2, 0.25) is 0 Å². The lowest BCUT2D eigenvalue weighted by Crippen LogP contribution is -2.18. The van der Waals surface area contributed by atoms with E-state index in [0.717, 1.165) is 19.5 Å². The van der Waals surface area contributed by atoms with Crippen LogP contribution in [0.2, 0.25) is 0 Å². The largest absolute Gasteiger partial charge is 0.330 e. The van der Waals surface area contributed by atoms with Crippen molar-refractivity contribution in [3.8, 4) is 0 Å². The summed E-state index contributed by atoms with van der Waals surface area (Å²) in [6.07, 6.45) is 7.54. The predicted octanol–water partition coefficient (Wildman–Crippen LogP) is 2.01. The minimum Gasteiger partial charge on any atom is -0.330 e. The van der Waals surface area contributed by atoms with Crippen LogP contribution in [0, 0.1) is 0 Å². The lowest BCUT2D eigenvalue weighted by Gasteiger charge is -2.07. The van der Waals surface area contributed by atoms with Crippen LogP contribution in [0.25, 0.3) is 0 Å². The summed E-state index contributed by atoms with van der Waals surface area (Å²) in [4.78, 5) is 8.49. The smallest absolute Gasteiger partial charge is 0.0951 e. The van der Waals surface area contributed by atoms with Crippen molar-refractivity contribution in [2.45, 2.75) is 31.8 Å². The molecule has 0 aromatic carbocycles. The van der Waals surface area contributed by atoms with E-state index < -0.39 is 0 Å². The Morgan fingerprint density at radius 2 is 2.41 bits per heavy atom. The van der Waals surface area contributed by atoms with Crippen molar-refractivity contribution in [1.82, 2.24) is 19.9 Å². The van der Waals surface area contributed by atoms with Gasteiger partial charge in [0, 0.05) is 37.1 Å². The first-order valence-corrected chi connectivity index (χ1v) is 6.96.